The van der Waals surface area contributed by atoms with Crippen molar-refractivity contribution in [2.75, 3.05) is 0 Å². The molecular formula is C6H11F2N. The predicted octanol–water partition coefficient (Wildman–Crippen LogP) is 1.38. The second-order valence-electron chi connectivity index (χ2n) is 3.12. The van der Waals surface area contributed by atoms with Crippen molar-refractivity contribution in [1.82, 2.24) is 0 Å². The van der Waals surface area contributed by atoms with Gasteiger partial charge < -0.3 is 5.73 Å². The van der Waals surface area contributed by atoms with Gasteiger partial charge in [0.2, 0.25) is 6.43 Å². The van der Waals surface area contributed by atoms with E-state index in [0.29, 0.717) is 12.8 Å². The van der Waals surface area contributed by atoms with Gasteiger partial charge in [-0.15, -0.1) is 0 Å². The van der Waals surface area contributed by atoms with Gasteiger partial charge in [0.25, 0.3) is 0 Å². The van der Waals surface area contributed by atoms with Crippen LogP contribution in [0.2, 0.25) is 0 Å². The summed E-state index contributed by atoms with van der Waals surface area (Å²) in [5, 5.41) is 0. The van der Waals surface area contributed by atoms with Gasteiger partial charge >= 0.3 is 0 Å². The Balaban J connectivity index is 2.40. The zero-order chi connectivity index (χ0) is 7.07. The van der Waals surface area contributed by atoms with Gasteiger partial charge in [-0.05, 0) is 12.8 Å². The van der Waals surface area contributed by atoms with Crippen LogP contribution in [0.1, 0.15) is 19.8 Å². The maximum absolute atomic E-state index is 12.0. The van der Waals surface area contributed by atoms with Gasteiger partial charge in [-0.25, -0.2) is 8.78 Å². The van der Waals surface area contributed by atoms with Crippen LogP contribution in [-0.4, -0.2) is 12.5 Å². The molecule has 0 aromatic heterocycles. The average Bonchev–Trinajstić information content (AvgIpc) is 1.62. The first-order valence-corrected chi connectivity index (χ1v) is 3.08. The average molecular weight is 135 g/mol. The van der Waals surface area contributed by atoms with E-state index in [4.69, 9.17) is 5.73 Å². The van der Waals surface area contributed by atoms with Crippen LogP contribution in [0.5, 0.6) is 0 Å². The molecule has 3 heteroatoms. The molecule has 2 N–H and O–H groups in total. The summed E-state index contributed by atoms with van der Waals surface area (Å²) in [4.78, 5) is 0. The van der Waals surface area contributed by atoms with Crippen LogP contribution in [0.3, 0.4) is 0 Å². The van der Waals surface area contributed by atoms with E-state index in [-0.39, 0.29) is 6.04 Å². The second kappa shape index (κ2) is 1.90. The summed E-state index contributed by atoms with van der Waals surface area (Å²) < 4.78 is 24.0. The van der Waals surface area contributed by atoms with Crippen LogP contribution < -0.4 is 5.73 Å². The third-order valence-electron chi connectivity index (χ3n) is 1.98. The number of halogens is 2. The van der Waals surface area contributed by atoms with Crippen molar-refractivity contribution in [2.45, 2.75) is 32.2 Å². The van der Waals surface area contributed by atoms with Crippen molar-refractivity contribution in [3.8, 4) is 0 Å². The van der Waals surface area contributed by atoms with E-state index < -0.39 is 11.8 Å². The van der Waals surface area contributed by atoms with Crippen LogP contribution >= 0.6 is 0 Å². The molecule has 1 rings (SSSR count). The molecule has 9 heavy (non-hydrogen) atoms. The number of rotatable bonds is 1. The van der Waals surface area contributed by atoms with Crippen molar-refractivity contribution in [2.24, 2.45) is 11.1 Å². The lowest BCUT2D eigenvalue weighted by Crippen LogP contribution is -2.48. The van der Waals surface area contributed by atoms with Crippen LogP contribution in [0, 0.1) is 5.41 Å². The summed E-state index contributed by atoms with van der Waals surface area (Å²) in [5.41, 5.74) is 4.59. The van der Waals surface area contributed by atoms with Crippen molar-refractivity contribution in [3.05, 3.63) is 0 Å². The summed E-state index contributed by atoms with van der Waals surface area (Å²) in [5.74, 6) is 0. The molecule has 0 bridgehead atoms. The van der Waals surface area contributed by atoms with Crippen molar-refractivity contribution in [1.29, 1.82) is 0 Å². The Labute approximate surface area is 53.2 Å². The fourth-order valence-corrected chi connectivity index (χ4v) is 1.32. The fraction of sp³-hybridized carbons (Fsp3) is 1.00. The fourth-order valence-electron chi connectivity index (χ4n) is 1.32. The van der Waals surface area contributed by atoms with Crippen molar-refractivity contribution >= 4 is 0 Å². The molecule has 0 aliphatic heterocycles. The molecule has 0 atom stereocenters. The molecule has 54 valence electrons. The summed E-state index contributed by atoms with van der Waals surface area (Å²) >= 11 is 0. The number of hydrogen-bond acceptors (Lipinski definition) is 1. The van der Waals surface area contributed by atoms with Crippen molar-refractivity contribution in [3.63, 3.8) is 0 Å². The highest BCUT2D eigenvalue weighted by Gasteiger charge is 2.45. The van der Waals surface area contributed by atoms with Crippen LogP contribution in [-0.2, 0) is 0 Å². The van der Waals surface area contributed by atoms with E-state index in [1.54, 1.807) is 6.92 Å². The van der Waals surface area contributed by atoms with Gasteiger partial charge in [0.1, 0.15) is 0 Å². The van der Waals surface area contributed by atoms with Gasteiger partial charge in [-0.2, -0.15) is 0 Å². The Morgan fingerprint density at radius 2 is 2.00 bits per heavy atom. The van der Waals surface area contributed by atoms with E-state index in [9.17, 15) is 8.78 Å². The Morgan fingerprint density at radius 1 is 1.56 bits per heavy atom. The molecule has 1 aliphatic carbocycles. The highest BCUT2D eigenvalue weighted by atomic mass is 19.3. The molecule has 0 unspecified atom stereocenters. The molecular weight excluding hydrogens is 124 g/mol. The molecule has 0 saturated heterocycles. The van der Waals surface area contributed by atoms with E-state index in [2.05, 4.69) is 0 Å². The lowest BCUT2D eigenvalue weighted by molar-refractivity contribution is -0.0564. The normalized spacial score (nSPS) is 43.0. The highest BCUT2D eigenvalue weighted by Crippen LogP contribution is 2.44. The van der Waals surface area contributed by atoms with Gasteiger partial charge in [0.15, 0.2) is 0 Å². The highest BCUT2D eigenvalue weighted by molar-refractivity contribution is 4.94. The van der Waals surface area contributed by atoms with Crippen molar-refractivity contribution < 1.29 is 8.78 Å². The SMILES string of the molecule is CC1(C(F)F)CC(N)C1. The number of alkyl halides is 2. The van der Waals surface area contributed by atoms with Crippen LogP contribution in [0.25, 0.3) is 0 Å². The first-order chi connectivity index (χ1) is 4.04. The third-order valence-corrected chi connectivity index (χ3v) is 1.98. The molecule has 1 saturated carbocycles. The zero-order valence-electron chi connectivity index (χ0n) is 5.40. The van der Waals surface area contributed by atoms with Gasteiger partial charge in [-0.1, -0.05) is 6.92 Å². The van der Waals surface area contributed by atoms with E-state index >= 15 is 0 Å². The van der Waals surface area contributed by atoms with Crippen LogP contribution in [0.15, 0.2) is 0 Å². The Kier molecular flexibility index (Phi) is 1.47. The minimum absolute atomic E-state index is 0.0176. The van der Waals surface area contributed by atoms with E-state index in [1.807, 2.05) is 0 Å². The Morgan fingerprint density at radius 3 is 2.11 bits per heavy atom. The number of nitrogens with two attached hydrogens (primary N) is 1. The monoisotopic (exact) mass is 135 g/mol. The Hall–Kier alpha value is -0.180. The van der Waals surface area contributed by atoms with Crippen LogP contribution in [0.4, 0.5) is 8.78 Å². The maximum Gasteiger partial charge on any atom is 0.244 e. The molecule has 0 amide bonds. The third kappa shape index (κ3) is 1.06. The minimum Gasteiger partial charge on any atom is -0.328 e. The first kappa shape index (κ1) is 6.93. The van der Waals surface area contributed by atoms with Gasteiger partial charge in [0.05, 0.1) is 0 Å². The lowest BCUT2D eigenvalue weighted by atomic mass is 9.67. The maximum atomic E-state index is 12.0. The van der Waals surface area contributed by atoms with Gasteiger partial charge in [-0.3, -0.25) is 0 Å². The number of hydrogen-bond donors (Lipinski definition) is 1. The Bertz CT molecular complexity index is 108. The first-order valence-electron chi connectivity index (χ1n) is 3.08. The molecule has 0 aromatic rings. The van der Waals surface area contributed by atoms with E-state index in [0.717, 1.165) is 0 Å². The van der Waals surface area contributed by atoms with E-state index in [1.165, 1.54) is 0 Å². The summed E-state index contributed by atoms with van der Waals surface area (Å²) in [6, 6.07) is 0.0176. The molecule has 0 radical (unpaired) electrons. The lowest BCUT2D eigenvalue weighted by Gasteiger charge is -2.42. The van der Waals surface area contributed by atoms with Gasteiger partial charge in [0, 0.05) is 11.5 Å². The topological polar surface area (TPSA) is 26.0 Å². The zero-order valence-corrected chi connectivity index (χ0v) is 5.40. The standard InChI is InChI=1S/C6H11F2N/c1-6(5(7)8)2-4(9)3-6/h4-5H,2-3,9H2,1H3. The second-order valence-corrected chi connectivity index (χ2v) is 3.12. The smallest absolute Gasteiger partial charge is 0.244 e. The molecule has 0 heterocycles. The summed E-state index contributed by atoms with van der Waals surface area (Å²) in [6.45, 7) is 1.58. The minimum atomic E-state index is -2.20. The molecule has 1 aliphatic rings. The molecule has 1 nitrogen and oxygen atoms in total. The predicted molar refractivity (Wildman–Crippen MR) is 31.3 cm³/mol. The quantitative estimate of drug-likeness (QED) is 0.577. The molecule has 0 spiro atoms. The summed E-state index contributed by atoms with van der Waals surface area (Å²) in [7, 11) is 0. The molecule has 1 fully saturated rings. The largest absolute Gasteiger partial charge is 0.328 e. The molecule has 0 aromatic carbocycles. The summed E-state index contributed by atoms with van der Waals surface area (Å²) in [6.07, 6.45) is -1.24.